The van der Waals surface area contributed by atoms with Crippen molar-refractivity contribution in [1.82, 2.24) is 19.5 Å². The molecule has 0 aromatic carbocycles. The summed E-state index contributed by atoms with van der Waals surface area (Å²) in [5.41, 5.74) is 0.796. The summed E-state index contributed by atoms with van der Waals surface area (Å²) in [6.07, 6.45) is 0.947. The van der Waals surface area contributed by atoms with Gasteiger partial charge in [0.05, 0.1) is 25.0 Å². The number of carbonyl (C=O) groups excluding carboxylic acids is 1. The number of hydrogen-bond acceptors (Lipinski definition) is 5. The molecule has 0 N–H and O–H groups in total. The molecule has 1 saturated heterocycles. The first-order valence-electron chi connectivity index (χ1n) is 7.43. The molecule has 23 heavy (non-hydrogen) atoms. The molecule has 0 bridgehead atoms. The molecule has 1 aliphatic rings. The van der Waals surface area contributed by atoms with Crippen LogP contribution in [0.5, 0.6) is 0 Å². The van der Waals surface area contributed by atoms with Gasteiger partial charge in [-0.15, -0.1) is 0 Å². The van der Waals surface area contributed by atoms with Crippen LogP contribution in [0.4, 0.5) is 4.79 Å². The van der Waals surface area contributed by atoms with Gasteiger partial charge >= 0.3 is 6.09 Å². The molecule has 0 aliphatic carbocycles. The molecule has 1 unspecified atom stereocenters. The van der Waals surface area contributed by atoms with Gasteiger partial charge in [0.25, 0.3) is 0 Å². The van der Waals surface area contributed by atoms with Crippen molar-refractivity contribution in [2.45, 2.75) is 32.5 Å². The zero-order valence-electron chi connectivity index (χ0n) is 13.3. The van der Waals surface area contributed by atoms with Crippen molar-refractivity contribution in [3.8, 4) is 0 Å². The second kappa shape index (κ2) is 5.98. The van der Waals surface area contributed by atoms with Crippen LogP contribution in [0.1, 0.15) is 32.6 Å². The second-order valence-corrected chi connectivity index (χ2v) is 6.78. The lowest BCUT2D eigenvalue weighted by molar-refractivity contribution is -0.0446. The van der Waals surface area contributed by atoms with Crippen molar-refractivity contribution in [3.05, 3.63) is 29.2 Å². The van der Waals surface area contributed by atoms with Crippen LogP contribution in [-0.4, -0.2) is 50.9 Å². The van der Waals surface area contributed by atoms with E-state index in [4.69, 9.17) is 21.1 Å². The highest BCUT2D eigenvalue weighted by Gasteiger charge is 2.30. The smallest absolute Gasteiger partial charge is 0.410 e. The molecule has 2 aromatic heterocycles. The van der Waals surface area contributed by atoms with Crippen LogP contribution in [0.15, 0.2) is 18.3 Å². The quantitative estimate of drug-likeness (QED) is 0.748. The number of hydrogen-bond donors (Lipinski definition) is 0. The van der Waals surface area contributed by atoms with E-state index in [-0.39, 0.29) is 12.2 Å². The minimum atomic E-state index is -0.525. The maximum atomic E-state index is 12.2. The molecule has 1 atom stereocenters. The zero-order valence-corrected chi connectivity index (χ0v) is 14.1. The number of aromatic nitrogens is 3. The summed E-state index contributed by atoms with van der Waals surface area (Å²) in [5.74, 6) is 0. The zero-order chi connectivity index (χ0) is 16.6. The molecule has 124 valence electrons. The fourth-order valence-corrected chi connectivity index (χ4v) is 2.62. The number of nitrogens with zero attached hydrogens (tertiary/aromatic N) is 4. The van der Waals surface area contributed by atoms with Gasteiger partial charge in [-0.05, 0) is 26.8 Å². The van der Waals surface area contributed by atoms with Crippen LogP contribution in [-0.2, 0) is 9.47 Å². The van der Waals surface area contributed by atoms with Gasteiger partial charge in [0.15, 0.2) is 5.65 Å². The summed E-state index contributed by atoms with van der Waals surface area (Å²) in [6, 6.07) is 3.48. The van der Waals surface area contributed by atoms with Crippen molar-refractivity contribution >= 4 is 23.3 Å². The maximum absolute atomic E-state index is 12.2. The van der Waals surface area contributed by atoms with Crippen LogP contribution >= 0.6 is 11.6 Å². The number of fused-ring (bicyclic) bond motifs is 1. The minimum Gasteiger partial charge on any atom is -0.444 e. The highest BCUT2D eigenvalue weighted by Crippen LogP contribution is 2.25. The van der Waals surface area contributed by atoms with Crippen molar-refractivity contribution < 1.29 is 14.3 Å². The molecule has 1 aliphatic heterocycles. The van der Waals surface area contributed by atoms with Crippen LogP contribution in [0.2, 0.25) is 5.15 Å². The van der Waals surface area contributed by atoms with E-state index in [1.54, 1.807) is 27.7 Å². The van der Waals surface area contributed by atoms with Gasteiger partial charge in [-0.1, -0.05) is 11.6 Å². The summed E-state index contributed by atoms with van der Waals surface area (Å²) in [7, 11) is 0. The Morgan fingerprint density at radius 2 is 2.26 bits per heavy atom. The van der Waals surface area contributed by atoms with Crippen molar-refractivity contribution in [2.24, 2.45) is 0 Å². The van der Waals surface area contributed by atoms with Crippen LogP contribution < -0.4 is 0 Å². The Labute approximate surface area is 139 Å². The Bertz CT molecular complexity index is 725. The molecular formula is C15H19ClN4O3. The third kappa shape index (κ3) is 3.56. The summed E-state index contributed by atoms with van der Waals surface area (Å²) >= 11 is 6.21. The molecule has 3 rings (SSSR count). The summed E-state index contributed by atoms with van der Waals surface area (Å²) in [6.45, 7) is 6.83. The number of halogens is 1. The molecular weight excluding hydrogens is 320 g/mol. The number of amides is 1. The monoisotopic (exact) mass is 338 g/mol. The second-order valence-electron chi connectivity index (χ2n) is 6.39. The highest BCUT2D eigenvalue weighted by atomic mass is 35.5. The van der Waals surface area contributed by atoms with E-state index in [2.05, 4.69) is 10.1 Å². The molecule has 1 fully saturated rings. The highest BCUT2D eigenvalue weighted by molar-refractivity contribution is 6.29. The van der Waals surface area contributed by atoms with E-state index in [0.717, 1.165) is 0 Å². The van der Waals surface area contributed by atoms with E-state index < -0.39 is 5.60 Å². The first-order chi connectivity index (χ1) is 10.8. The van der Waals surface area contributed by atoms with Gasteiger partial charge < -0.3 is 14.4 Å². The van der Waals surface area contributed by atoms with E-state index in [0.29, 0.717) is 36.2 Å². The van der Waals surface area contributed by atoms with Crippen molar-refractivity contribution in [2.75, 3.05) is 19.7 Å². The number of carbonyl (C=O) groups is 1. The third-order valence-electron chi connectivity index (χ3n) is 3.38. The number of morpholine rings is 1. The van der Waals surface area contributed by atoms with Gasteiger partial charge in [0.2, 0.25) is 0 Å². The minimum absolute atomic E-state index is 0.339. The molecule has 3 heterocycles. The SMILES string of the molecule is CC(C)(C)OC(=O)N1CCOC(c2cc(Cl)n3nccc3n2)C1. The van der Waals surface area contributed by atoms with Gasteiger partial charge in [0.1, 0.15) is 16.9 Å². The van der Waals surface area contributed by atoms with Gasteiger partial charge in [-0.3, -0.25) is 0 Å². The topological polar surface area (TPSA) is 69.0 Å². The van der Waals surface area contributed by atoms with E-state index >= 15 is 0 Å². The van der Waals surface area contributed by atoms with E-state index in [9.17, 15) is 4.79 Å². The number of ether oxygens (including phenoxy) is 2. The summed E-state index contributed by atoms with van der Waals surface area (Å²) in [4.78, 5) is 18.4. The fraction of sp³-hybridized carbons (Fsp3) is 0.533. The average Bonchev–Trinajstić information content (AvgIpc) is 2.94. The lowest BCUT2D eigenvalue weighted by Gasteiger charge is -2.34. The largest absolute Gasteiger partial charge is 0.444 e. The predicted molar refractivity (Wildman–Crippen MR) is 84.5 cm³/mol. The van der Waals surface area contributed by atoms with Gasteiger partial charge in [-0.25, -0.2) is 14.3 Å². The molecule has 1 amide bonds. The van der Waals surface area contributed by atoms with Crippen LogP contribution in [0.3, 0.4) is 0 Å². The average molecular weight is 339 g/mol. The fourth-order valence-electron chi connectivity index (χ4n) is 2.38. The van der Waals surface area contributed by atoms with Crippen molar-refractivity contribution in [3.63, 3.8) is 0 Å². The lowest BCUT2D eigenvalue weighted by atomic mass is 10.2. The van der Waals surface area contributed by atoms with Crippen molar-refractivity contribution in [1.29, 1.82) is 0 Å². The van der Waals surface area contributed by atoms with Crippen LogP contribution in [0.25, 0.3) is 5.65 Å². The van der Waals surface area contributed by atoms with Crippen LogP contribution in [0, 0.1) is 0 Å². The molecule has 7 nitrogen and oxygen atoms in total. The Morgan fingerprint density at radius 1 is 1.48 bits per heavy atom. The lowest BCUT2D eigenvalue weighted by Crippen LogP contribution is -2.44. The first kappa shape index (κ1) is 16.0. The molecule has 0 radical (unpaired) electrons. The molecule has 8 heteroatoms. The van der Waals surface area contributed by atoms with E-state index in [1.165, 1.54) is 0 Å². The van der Waals surface area contributed by atoms with E-state index in [1.807, 2.05) is 20.8 Å². The third-order valence-corrected chi connectivity index (χ3v) is 3.65. The standard InChI is InChI=1S/C15H19ClN4O3/c1-15(2,3)23-14(21)19-6-7-22-11(9-19)10-8-12(16)20-13(18-10)4-5-17-20/h4-5,8,11H,6-7,9H2,1-3H3. The Hall–Kier alpha value is -1.86. The molecule has 0 saturated carbocycles. The normalized spacial score (nSPS) is 19.1. The van der Waals surface area contributed by atoms with Gasteiger partial charge in [0, 0.05) is 12.6 Å². The molecule has 0 spiro atoms. The summed E-state index contributed by atoms with van der Waals surface area (Å²) < 4.78 is 12.7. The Morgan fingerprint density at radius 3 is 3.00 bits per heavy atom. The number of rotatable bonds is 1. The Kier molecular flexibility index (Phi) is 4.16. The first-order valence-corrected chi connectivity index (χ1v) is 7.81. The predicted octanol–water partition coefficient (Wildman–Crippen LogP) is 2.69. The molecule has 2 aromatic rings. The Balaban J connectivity index is 1.78. The maximum Gasteiger partial charge on any atom is 0.410 e. The van der Waals surface area contributed by atoms with Gasteiger partial charge in [-0.2, -0.15) is 5.10 Å². The summed E-state index contributed by atoms with van der Waals surface area (Å²) in [5, 5.41) is 4.54.